The number of likely N-dealkylation sites (N-methyl/N-ethyl adjacent to an activating group) is 1. The van der Waals surface area contributed by atoms with Gasteiger partial charge in [0.1, 0.15) is 0 Å². The van der Waals surface area contributed by atoms with Gasteiger partial charge in [0, 0.05) is 37.3 Å². The molecule has 90 valence electrons. The smallest absolute Gasteiger partial charge is 0.180 e. The summed E-state index contributed by atoms with van der Waals surface area (Å²) < 4.78 is 0. The Morgan fingerprint density at radius 1 is 1.35 bits per heavy atom. The van der Waals surface area contributed by atoms with Gasteiger partial charge in [-0.15, -0.1) is 11.3 Å². The monoisotopic (exact) mass is 248 g/mol. The van der Waals surface area contributed by atoms with Gasteiger partial charge in [-0.1, -0.05) is 0 Å². The number of aromatic nitrogens is 2. The standard InChI is InChI=1S/C12H16N4S/c1-16(8-10-2-5-14-6-3-10)7-4-11-9-17-12(13)15-11/h2-3,5-6,9H,4,7-8H2,1H3,(H2,13,15). The molecule has 0 radical (unpaired) electrons. The summed E-state index contributed by atoms with van der Waals surface area (Å²) in [6.07, 6.45) is 4.59. The van der Waals surface area contributed by atoms with Crippen LogP contribution in [-0.2, 0) is 13.0 Å². The van der Waals surface area contributed by atoms with Gasteiger partial charge in [-0.25, -0.2) is 4.98 Å². The molecular formula is C12H16N4S. The van der Waals surface area contributed by atoms with E-state index in [1.807, 2.05) is 29.9 Å². The van der Waals surface area contributed by atoms with E-state index in [9.17, 15) is 0 Å². The summed E-state index contributed by atoms with van der Waals surface area (Å²) in [4.78, 5) is 10.5. The van der Waals surface area contributed by atoms with Crippen molar-refractivity contribution in [3.05, 3.63) is 41.2 Å². The molecule has 2 heterocycles. The highest BCUT2D eigenvalue weighted by atomic mass is 32.1. The molecule has 0 aliphatic carbocycles. The SMILES string of the molecule is CN(CCc1csc(N)n1)Cc1ccncc1. The number of thiazole rings is 1. The quantitative estimate of drug-likeness (QED) is 0.876. The first-order valence-electron chi connectivity index (χ1n) is 5.51. The first kappa shape index (κ1) is 12.0. The molecular weight excluding hydrogens is 232 g/mol. The van der Waals surface area contributed by atoms with Crippen LogP contribution in [0.4, 0.5) is 5.13 Å². The molecule has 0 bridgehead atoms. The average molecular weight is 248 g/mol. The molecule has 2 aromatic rings. The van der Waals surface area contributed by atoms with Crippen molar-refractivity contribution < 1.29 is 0 Å². The van der Waals surface area contributed by atoms with Crippen LogP contribution < -0.4 is 5.73 Å². The van der Waals surface area contributed by atoms with Crippen molar-refractivity contribution in [3.8, 4) is 0 Å². The summed E-state index contributed by atoms with van der Waals surface area (Å²) >= 11 is 1.50. The van der Waals surface area contributed by atoms with E-state index in [0.29, 0.717) is 5.13 Å². The highest BCUT2D eigenvalue weighted by molar-refractivity contribution is 7.13. The summed E-state index contributed by atoms with van der Waals surface area (Å²) in [6.45, 7) is 1.91. The summed E-state index contributed by atoms with van der Waals surface area (Å²) in [6, 6.07) is 4.08. The van der Waals surface area contributed by atoms with Crippen LogP contribution in [0.25, 0.3) is 0 Å². The second-order valence-electron chi connectivity index (χ2n) is 4.02. The molecule has 0 amide bonds. The van der Waals surface area contributed by atoms with Gasteiger partial charge in [-0.3, -0.25) is 4.98 Å². The van der Waals surface area contributed by atoms with Crippen LogP contribution in [0.3, 0.4) is 0 Å². The van der Waals surface area contributed by atoms with Crippen molar-refractivity contribution in [2.45, 2.75) is 13.0 Å². The molecule has 2 N–H and O–H groups in total. The van der Waals surface area contributed by atoms with Gasteiger partial charge in [-0.2, -0.15) is 0 Å². The van der Waals surface area contributed by atoms with E-state index in [2.05, 4.69) is 21.9 Å². The Labute approximate surface area is 105 Å². The van der Waals surface area contributed by atoms with Gasteiger partial charge in [0.25, 0.3) is 0 Å². The van der Waals surface area contributed by atoms with Crippen molar-refractivity contribution in [2.24, 2.45) is 0 Å². The molecule has 17 heavy (non-hydrogen) atoms. The average Bonchev–Trinajstić information content (AvgIpc) is 2.74. The highest BCUT2D eigenvalue weighted by Crippen LogP contribution is 2.12. The number of hydrogen-bond donors (Lipinski definition) is 1. The van der Waals surface area contributed by atoms with Gasteiger partial charge < -0.3 is 10.6 Å². The minimum atomic E-state index is 0.650. The fourth-order valence-electron chi connectivity index (χ4n) is 1.62. The summed E-state index contributed by atoms with van der Waals surface area (Å²) in [7, 11) is 2.11. The van der Waals surface area contributed by atoms with E-state index >= 15 is 0 Å². The molecule has 0 atom stereocenters. The van der Waals surface area contributed by atoms with Crippen molar-refractivity contribution in [3.63, 3.8) is 0 Å². The predicted molar refractivity (Wildman–Crippen MR) is 70.8 cm³/mol. The third-order valence-corrected chi connectivity index (χ3v) is 3.24. The minimum Gasteiger partial charge on any atom is -0.375 e. The Hall–Kier alpha value is -1.46. The largest absolute Gasteiger partial charge is 0.375 e. The van der Waals surface area contributed by atoms with Crippen LogP contribution in [0.2, 0.25) is 0 Å². The van der Waals surface area contributed by atoms with Crippen molar-refractivity contribution in [2.75, 3.05) is 19.3 Å². The zero-order valence-corrected chi connectivity index (χ0v) is 10.7. The van der Waals surface area contributed by atoms with Crippen LogP contribution in [0.1, 0.15) is 11.3 Å². The molecule has 4 nitrogen and oxygen atoms in total. The Bertz CT molecular complexity index is 455. The van der Waals surface area contributed by atoms with Crippen LogP contribution in [0.5, 0.6) is 0 Å². The molecule has 0 fully saturated rings. The van der Waals surface area contributed by atoms with Crippen molar-refractivity contribution >= 4 is 16.5 Å². The maximum Gasteiger partial charge on any atom is 0.180 e. The number of nitrogens with two attached hydrogens (primary N) is 1. The number of nitrogen functional groups attached to an aromatic ring is 1. The lowest BCUT2D eigenvalue weighted by atomic mass is 10.2. The van der Waals surface area contributed by atoms with Crippen LogP contribution in [0, 0.1) is 0 Å². The number of hydrogen-bond acceptors (Lipinski definition) is 5. The number of anilines is 1. The fourth-order valence-corrected chi connectivity index (χ4v) is 2.22. The lowest BCUT2D eigenvalue weighted by molar-refractivity contribution is 0.330. The van der Waals surface area contributed by atoms with Gasteiger partial charge in [0.15, 0.2) is 5.13 Å². The molecule has 0 saturated heterocycles. The van der Waals surface area contributed by atoms with Gasteiger partial charge in [0.05, 0.1) is 5.69 Å². The topological polar surface area (TPSA) is 55.0 Å². The first-order chi connectivity index (χ1) is 8.24. The molecule has 2 rings (SSSR count). The van der Waals surface area contributed by atoms with Gasteiger partial charge in [0.2, 0.25) is 0 Å². The molecule has 0 aliphatic heterocycles. The van der Waals surface area contributed by atoms with E-state index < -0.39 is 0 Å². The van der Waals surface area contributed by atoms with Crippen LogP contribution >= 0.6 is 11.3 Å². The first-order valence-corrected chi connectivity index (χ1v) is 6.39. The third-order valence-electron chi connectivity index (χ3n) is 2.52. The normalized spacial score (nSPS) is 10.9. The summed E-state index contributed by atoms with van der Waals surface area (Å²) in [5.74, 6) is 0. The number of rotatable bonds is 5. The molecule has 5 heteroatoms. The van der Waals surface area contributed by atoms with E-state index in [1.54, 1.807) is 0 Å². The lowest BCUT2D eigenvalue weighted by Gasteiger charge is -2.15. The Balaban J connectivity index is 1.80. The van der Waals surface area contributed by atoms with E-state index in [4.69, 9.17) is 5.73 Å². The van der Waals surface area contributed by atoms with E-state index in [0.717, 1.165) is 25.2 Å². The molecule has 0 aromatic carbocycles. The second-order valence-corrected chi connectivity index (χ2v) is 4.91. The van der Waals surface area contributed by atoms with Crippen LogP contribution in [0.15, 0.2) is 29.9 Å². The summed E-state index contributed by atoms with van der Waals surface area (Å²) in [5, 5.41) is 2.67. The van der Waals surface area contributed by atoms with E-state index in [-0.39, 0.29) is 0 Å². The Morgan fingerprint density at radius 3 is 2.76 bits per heavy atom. The highest BCUT2D eigenvalue weighted by Gasteiger charge is 2.03. The molecule has 0 aliphatic rings. The van der Waals surface area contributed by atoms with Gasteiger partial charge in [-0.05, 0) is 24.7 Å². The number of pyridine rings is 1. The minimum absolute atomic E-state index is 0.650. The third kappa shape index (κ3) is 3.80. The second kappa shape index (κ2) is 5.75. The molecule has 0 unspecified atom stereocenters. The zero-order valence-electron chi connectivity index (χ0n) is 9.84. The Morgan fingerprint density at radius 2 is 2.12 bits per heavy atom. The van der Waals surface area contributed by atoms with Crippen molar-refractivity contribution in [1.82, 2.24) is 14.9 Å². The maximum absolute atomic E-state index is 5.60. The molecule has 2 aromatic heterocycles. The van der Waals surface area contributed by atoms with Crippen LogP contribution in [-0.4, -0.2) is 28.5 Å². The maximum atomic E-state index is 5.60. The van der Waals surface area contributed by atoms with Crippen molar-refractivity contribution in [1.29, 1.82) is 0 Å². The number of nitrogens with zero attached hydrogens (tertiary/aromatic N) is 3. The summed E-state index contributed by atoms with van der Waals surface area (Å²) in [5.41, 5.74) is 7.95. The lowest BCUT2D eigenvalue weighted by Crippen LogP contribution is -2.20. The Kier molecular flexibility index (Phi) is 4.06. The van der Waals surface area contributed by atoms with Gasteiger partial charge >= 0.3 is 0 Å². The van der Waals surface area contributed by atoms with E-state index in [1.165, 1.54) is 16.9 Å². The fraction of sp³-hybridized carbons (Fsp3) is 0.333. The molecule has 0 spiro atoms. The predicted octanol–water partition coefficient (Wildman–Crippen LogP) is 1.79. The zero-order chi connectivity index (χ0) is 12.1. The molecule has 0 saturated carbocycles.